The fourth-order valence-corrected chi connectivity index (χ4v) is 1.90. The largest absolute Gasteiger partial charge is 0.477 e. The standard InChI is InChI=1S/C10H14N2O3S/c1-6(4-13)5-16-10-11-7(2)3-8(12-10)9(14)15/h3,6,13H,4-5H2,1-2H3,(H,14,15). The lowest BCUT2D eigenvalue weighted by Gasteiger charge is -2.06. The molecule has 0 bridgehead atoms. The van der Waals surface area contributed by atoms with E-state index in [2.05, 4.69) is 9.97 Å². The Labute approximate surface area is 97.9 Å². The van der Waals surface area contributed by atoms with Crippen molar-refractivity contribution >= 4 is 17.7 Å². The molecule has 0 aliphatic heterocycles. The number of nitrogens with zero attached hydrogens (tertiary/aromatic N) is 2. The molecule has 1 rings (SSSR count). The zero-order valence-corrected chi connectivity index (χ0v) is 9.99. The van der Waals surface area contributed by atoms with Gasteiger partial charge in [0.1, 0.15) is 0 Å². The number of aromatic nitrogens is 2. The first-order valence-electron chi connectivity index (χ1n) is 4.85. The molecule has 6 heteroatoms. The van der Waals surface area contributed by atoms with E-state index in [1.807, 2.05) is 6.92 Å². The second kappa shape index (κ2) is 5.81. The van der Waals surface area contributed by atoms with Crippen LogP contribution in [-0.4, -0.2) is 38.5 Å². The van der Waals surface area contributed by atoms with Gasteiger partial charge in [0.15, 0.2) is 10.9 Å². The summed E-state index contributed by atoms with van der Waals surface area (Å²) in [7, 11) is 0. The van der Waals surface area contributed by atoms with Crippen LogP contribution < -0.4 is 0 Å². The van der Waals surface area contributed by atoms with Crippen molar-refractivity contribution in [3.8, 4) is 0 Å². The van der Waals surface area contributed by atoms with E-state index in [1.165, 1.54) is 17.8 Å². The normalized spacial score (nSPS) is 12.4. The van der Waals surface area contributed by atoms with Gasteiger partial charge >= 0.3 is 5.97 Å². The lowest BCUT2D eigenvalue weighted by molar-refractivity contribution is 0.0689. The summed E-state index contributed by atoms with van der Waals surface area (Å²) < 4.78 is 0. The Balaban J connectivity index is 2.76. The number of thioether (sulfide) groups is 1. The molecule has 0 spiro atoms. The minimum absolute atomic E-state index is 0.00616. The van der Waals surface area contributed by atoms with E-state index in [4.69, 9.17) is 10.2 Å². The van der Waals surface area contributed by atoms with Crippen molar-refractivity contribution in [1.29, 1.82) is 0 Å². The summed E-state index contributed by atoms with van der Waals surface area (Å²) in [6.45, 7) is 3.74. The molecule has 1 heterocycles. The van der Waals surface area contributed by atoms with Crippen LogP contribution in [-0.2, 0) is 0 Å². The van der Waals surface area contributed by atoms with Gasteiger partial charge in [0, 0.05) is 18.1 Å². The van der Waals surface area contributed by atoms with Crippen LogP contribution >= 0.6 is 11.8 Å². The van der Waals surface area contributed by atoms with E-state index in [-0.39, 0.29) is 18.2 Å². The maximum Gasteiger partial charge on any atom is 0.354 e. The monoisotopic (exact) mass is 242 g/mol. The number of aliphatic hydroxyl groups excluding tert-OH is 1. The van der Waals surface area contributed by atoms with Crippen molar-refractivity contribution in [2.45, 2.75) is 19.0 Å². The number of carboxylic acid groups (broad SMARTS) is 1. The smallest absolute Gasteiger partial charge is 0.354 e. The molecule has 0 fully saturated rings. The highest BCUT2D eigenvalue weighted by Crippen LogP contribution is 2.17. The zero-order valence-electron chi connectivity index (χ0n) is 9.17. The van der Waals surface area contributed by atoms with Gasteiger partial charge in [-0.05, 0) is 18.9 Å². The molecule has 5 nitrogen and oxygen atoms in total. The average molecular weight is 242 g/mol. The Morgan fingerprint density at radius 3 is 2.81 bits per heavy atom. The Morgan fingerprint density at radius 1 is 1.56 bits per heavy atom. The third kappa shape index (κ3) is 3.79. The highest BCUT2D eigenvalue weighted by atomic mass is 32.2. The van der Waals surface area contributed by atoms with Gasteiger partial charge in [0.25, 0.3) is 0 Å². The molecule has 1 unspecified atom stereocenters. The molecule has 0 amide bonds. The van der Waals surface area contributed by atoms with Crippen molar-refractivity contribution in [1.82, 2.24) is 9.97 Å². The van der Waals surface area contributed by atoms with Gasteiger partial charge in [-0.25, -0.2) is 14.8 Å². The molecule has 1 atom stereocenters. The number of hydrogen-bond donors (Lipinski definition) is 2. The predicted octanol–water partition coefficient (Wildman–Crippen LogP) is 1.20. The van der Waals surface area contributed by atoms with E-state index in [9.17, 15) is 4.79 Å². The zero-order chi connectivity index (χ0) is 12.1. The maximum absolute atomic E-state index is 10.8. The Kier molecular flexibility index (Phi) is 4.70. The molecule has 0 aliphatic carbocycles. The summed E-state index contributed by atoms with van der Waals surface area (Å²) in [5.74, 6) is -0.246. The Morgan fingerprint density at radius 2 is 2.25 bits per heavy atom. The van der Waals surface area contributed by atoms with Crippen molar-refractivity contribution in [3.05, 3.63) is 17.5 Å². The molecular formula is C10H14N2O3S. The first kappa shape index (κ1) is 12.9. The molecule has 0 aliphatic rings. The van der Waals surface area contributed by atoms with Crippen LogP contribution in [0.3, 0.4) is 0 Å². The quantitative estimate of drug-likeness (QED) is 0.596. The van der Waals surface area contributed by atoms with E-state index >= 15 is 0 Å². The van der Waals surface area contributed by atoms with Crippen LogP contribution in [0.2, 0.25) is 0 Å². The van der Waals surface area contributed by atoms with Gasteiger partial charge in [-0.2, -0.15) is 0 Å². The molecule has 16 heavy (non-hydrogen) atoms. The van der Waals surface area contributed by atoms with E-state index in [0.29, 0.717) is 16.6 Å². The van der Waals surface area contributed by atoms with E-state index in [0.717, 1.165) is 0 Å². The van der Waals surface area contributed by atoms with Gasteiger partial charge < -0.3 is 10.2 Å². The van der Waals surface area contributed by atoms with Crippen LogP contribution in [0.4, 0.5) is 0 Å². The van der Waals surface area contributed by atoms with Crippen LogP contribution in [0.25, 0.3) is 0 Å². The summed E-state index contributed by atoms with van der Waals surface area (Å²) in [5.41, 5.74) is 0.637. The van der Waals surface area contributed by atoms with Gasteiger partial charge in [0.2, 0.25) is 0 Å². The van der Waals surface area contributed by atoms with E-state index < -0.39 is 5.97 Å². The summed E-state index contributed by atoms with van der Waals surface area (Å²) in [5, 5.41) is 18.1. The minimum Gasteiger partial charge on any atom is -0.477 e. The molecule has 0 radical (unpaired) electrons. The van der Waals surface area contributed by atoms with Crippen LogP contribution in [0.1, 0.15) is 23.1 Å². The molecule has 88 valence electrons. The van der Waals surface area contributed by atoms with Crippen LogP contribution in [0.15, 0.2) is 11.2 Å². The average Bonchev–Trinajstić information content (AvgIpc) is 2.25. The first-order valence-corrected chi connectivity index (χ1v) is 5.84. The van der Waals surface area contributed by atoms with Crippen LogP contribution in [0.5, 0.6) is 0 Å². The fourth-order valence-electron chi connectivity index (χ4n) is 0.985. The van der Waals surface area contributed by atoms with Crippen molar-refractivity contribution in [2.24, 2.45) is 5.92 Å². The number of aromatic carboxylic acids is 1. The summed E-state index contributed by atoms with van der Waals surface area (Å²) in [4.78, 5) is 18.8. The molecule has 0 saturated carbocycles. The Hall–Kier alpha value is -1.14. The number of aliphatic hydroxyl groups is 1. The highest BCUT2D eigenvalue weighted by Gasteiger charge is 2.10. The molecular weight excluding hydrogens is 228 g/mol. The third-order valence-electron chi connectivity index (χ3n) is 1.86. The van der Waals surface area contributed by atoms with Crippen LogP contribution in [0, 0.1) is 12.8 Å². The number of carbonyl (C=O) groups is 1. The lowest BCUT2D eigenvalue weighted by Crippen LogP contribution is -2.07. The predicted molar refractivity (Wildman–Crippen MR) is 60.7 cm³/mol. The number of aryl methyl sites for hydroxylation is 1. The SMILES string of the molecule is Cc1cc(C(=O)O)nc(SCC(C)CO)n1. The molecule has 1 aromatic heterocycles. The van der Waals surface area contributed by atoms with Crippen molar-refractivity contribution in [3.63, 3.8) is 0 Å². The Bertz CT molecular complexity index is 384. The third-order valence-corrected chi connectivity index (χ3v) is 3.04. The number of rotatable bonds is 5. The summed E-state index contributed by atoms with van der Waals surface area (Å²) in [6, 6.07) is 1.43. The van der Waals surface area contributed by atoms with Gasteiger partial charge in [-0.1, -0.05) is 18.7 Å². The second-order valence-corrected chi connectivity index (χ2v) is 4.57. The highest BCUT2D eigenvalue weighted by molar-refractivity contribution is 7.99. The molecule has 0 aromatic carbocycles. The summed E-state index contributed by atoms with van der Waals surface area (Å²) >= 11 is 1.35. The second-order valence-electron chi connectivity index (χ2n) is 3.58. The number of hydrogen-bond acceptors (Lipinski definition) is 5. The molecule has 1 aromatic rings. The van der Waals surface area contributed by atoms with Gasteiger partial charge in [0.05, 0.1) is 0 Å². The van der Waals surface area contributed by atoms with Gasteiger partial charge in [-0.3, -0.25) is 0 Å². The molecule has 2 N–H and O–H groups in total. The fraction of sp³-hybridized carbons (Fsp3) is 0.500. The lowest BCUT2D eigenvalue weighted by atomic mass is 10.2. The van der Waals surface area contributed by atoms with Crippen molar-refractivity contribution < 1.29 is 15.0 Å². The maximum atomic E-state index is 10.8. The number of carboxylic acids is 1. The van der Waals surface area contributed by atoms with E-state index in [1.54, 1.807) is 6.92 Å². The summed E-state index contributed by atoms with van der Waals surface area (Å²) in [6.07, 6.45) is 0. The first-order chi connectivity index (χ1) is 7.52. The topological polar surface area (TPSA) is 83.3 Å². The van der Waals surface area contributed by atoms with Gasteiger partial charge in [-0.15, -0.1) is 0 Å². The van der Waals surface area contributed by atoms with Crippen molar-refractivity contribution in [2.75, 3.05) is 12.4 Å². The minimum atomic E-state index is -1.05. The molecule has 0 saturated heterocycles.